The van der Waals surface area contributed by atoms with Crippen molar-refractivity contribution in [3.63, 3.8) is 0 Å². The maximum atomic E-state index is 13.3. The molecule has 1 atom stereocenters. The van der Waals surface area contributed by atoms with E-state index in [9.17, 15) is 19.1 Å². The molecule has 1 aliphatic rings. The Labute approximate surface area is 166 Å². The zero-order valence-electron chi connectivity index (χ0n) is 13.8. The lowest BCUT2D eigenvalue weighted by atomic mass is 9.89. The molecule has 3 aromatic rings. The quantitative estimate of drug-likeness (QED) is 0.559. The Kier molecular flexibility index (Phi) is 4.57. The number of carboxylic acids is 1. The number of benzene rings is 2. The van der Waals surface area contributed by atoms with E-state index in [1.54, 1.807) is 0 Å². The molecule has 4 rings (SSSR count). The maximum Gasteiger partial charge on any atom is 0.346 e. The third-order valence-corrected chi connectivity index (χ3v) is 6.33. The molecule has 1 aromatic heterocycles. The van der Waals surface area contributed by atoms with Gasteiger partial charge in [0.1, 0.15) is 10.7 Å². The number of halogens is 2. The second-order valence-corrected chi connectivity index (χ2v) is 8.18. The number of hydrogen-bond acceptors (Lipinski definition) is 3. The minimum absolute atomic E-state index is 0.135. The van der Waals surface area contributed by atoms with Gasteiger partial charge in [-0.15, -0.1) is 11.3 Å². The van der Waals surface area contributed by atoms with Gasteiger partial charge in [0, 0.05) is 27.3 Å². The Morgan fingerprint density at radius 2 is 1.81 bits per heavy atom. The van der Waals surface area contributed by atoms with Gasteiger partial charge in [-0.3, -0.25) is 4.79 Å². The molecule has 27 heavy (non-hydrogen) atoms. The second kappa shape index (κ2) is 6.90. The first-order valence-electron chi connectivity index (χ1n) is 8.15. The monoisotopic (exact) mass is 445 g/mol. The summed E-state index contributed by atoms with van der Waals surface area (Å²) in [6.07, 6.45) is 0.247. The first kappa shape index (κ1) is 17.9. The standard InChI is InChI=1S/C20H13BrFNO3S/c21-12-5-1-10(2-6-12)14-9-15(24)23-17-16(11-3-7-13(22)8-4-11)19(20(25)26)27-18(14)17/h1-8,14H,9H2,(H,23,24)(H,25,26). The van der Waals surface area contributed by atoms with Gasteiger partial charge in [-0.2, -0.15) is 0 Å². The predicted octanol–water partition coefficient (Wildman–Crippen LogP) is 5.49. The molecule has 136 valence electrons. The van der Waals surface area contributed by atoms with Gasteiger partial charge >= 0.3 is 5.97 Å². The molecule has 0 saturated carbocycles. The highest BCUT2D eigenvalue weighted by Gasteiger charge is 2.34. The summed E-state index contributed by atoms with van der Waals surface area (Å²) in [5.41, 5.74) is 2.44. The highest BCUT2D eigenvalue weighted by Crippen LogP contribution is 2.49. The van der Waals surface area contributed by atoms with Gasteiger partial charge in [0.2, 0.25) is 5.91 Å². The van der Waals surface area contributed by atoms with Gasteiger partial charge < -0.3 is 10.4 Å². The minimum atomic E-state index is -1.07. The number of carbonyl (C=O) groups excluding carboxylic acids is 1. The fourth-order valence-electron chi connectivity index (χ4n) is 3.29. The van der Waals surface area contributed by atoms with Gasteiger partial charge in [-0.05, 0) is 35.4 Å². The van der Waals surface area contributed by atoms with Gasteiger partial charge in [-0.1, -0.05) is 40.2 Å². The minimum Gasteiger partial charge on any atom is -0.477 e. The number of nitrogens with one attached hydrogen (secondary N) is 1. The molecule has 0 saturated heterocycles. The lowest BCUT2D eigenvalue weighted by molar-refractivity contribution is -0.116. The summed E-state index contributed by atoms with van der Waals surface area (Å²) in [5.74, 6) is -1.87. The SMILES string of the molecule is O=C1CC(c2ccc(Br)cc2)c2sc(C(=O)O)c(-c3ccc(F)cc3)c2N1. The average Bonchev–Trinajstić information content (AvgIpc) is 3.02. The Morgan fingerprint density at radius 3 is 2.44 bits per heavy atom. The van der Waals surface area contributed by atoms with E-state index in [-0.39, 0.29) is 23.1 Å². The fraction of sp³-hybridized carbons (Fsp3) is 0.100. The Balaban J connectivity index is 1.92. The molecule has 4 nitrogen and oxygen atoms in total. The van der Waals surface area contributed by atoms with Crippen molar-refractivity contribution in [3.8, 4) is 11.1 Å². The molecular formula is C20H13BrFNO3S. The number of anilines is 1. The number of thiophene rings is 1. The smallest absolute Gasteiger partial charge is 0.346 e. The third kappa shape index (κ3) is 3.28. The number of aromatic carboxylic acids is 1. The Hall–Kier alpha value is -2.51. The summed E-state index contributed by atoms with van der Waals surface area (Å²) in [7, 11) is 0. The number of fused-ring (bicyclic) bond motifs is 1. The van der Waals surface area contributed by atoms with Crippen LogP contribution in [0.3, 0.4) is 0 Å². The van der Waals surface area contributed by atoms with Crippen LogP contribution in [0.15, 0.2) is 53.0 Å². The predicted molar refractivity (Wildman–Crippen MR) is 106 cm³/mol. The van der Waals surface area contributed by atoms with Crippen LogP contribution < -0.4 is 5.32 Å². The molecular weight excluding hydrogens is 433 g/mol. The summed E-state index contributed by atoms with van der Waals surface area (Å²) in [5, 5.41) is 12.5. The molecule has 0 fully saturated rings. The van der Waals surface area contributed by atoms with Crippen LogP contribution in [0.4, 0.5) is 10.1 Å². The number of hydrogen-bond donors (Lipinski definition) is 2. The number of rotatable bonds is 3. The van der Waals surface area contributed by atoms with Crippen LogP contribution in [0.1, 0.15) is 32.5 Å². The van der Waals surface area contributed by atoms with Crippen molar-refractivity contribution in [2.45, 2.75) is 12.3 Å². The summed E-state index contributed by atoms with van der Waals surface area (Å²) in [4.78, 5) is 25.2. The van der Waals surface area contributed by atoms with E-state index in [0.29, 0.717) is 16.8 Å². The van der Waals surface area contributed by atoms with E-state index in [4.69, 9.17) is 0 Å². The number of carbonyl (C=O) groups is 2. The van der Waals surface area contributed by atoms with Crippen LogP contribution in [-0.2, 0) is 4.79 Å². The Bertz CT molecular complexity index is 1040. The molecule has 2 N–H and O–H groups in total. The van der Waals surface area contributed by atoms with E-state index in [1.165, 1.54) is 24.3 Å². The van der Waals surface area contributed by atoms with E-state index in [0.717, 1.165) is 26.3 Å². The van der Waals surface area contributed by atoms with Gasteiger partial charge in [-0.25, -0.2) is 9.18 Å². The summed E-state index contributed by atoms with van der Waals surface area (Å²) >= 11 is 4.56. The molecule has 1 amide bonds. The lowest BCUT2D eigenvalue weighted by Crippen LogP contribution is -2.22. The van der Waals surface area contributed by atoms with Crippen molar-refractivity contribution < 1.29 is 19.1 Å². The van der Waals surface area contributed by atoms with Gasteiger partial charge in [0.05, 0.1) is 5.69 Å². The number of amides is 1. The van der Waals surface area contributed by atoms with Crippen LogP contribution in [0.2, 0.25) is 0 Å². The molecule has 1 unspecified atom stereocenters. The zero-order valence-corrected chi connectivity index (χ0v) is 16.2. The van der Waals surface area contributed by atoms with Crippen LogP contribution in [0.25, 0.3) is 11.1 Å². The summed E-state index contributed by atoms with van der Waals surface area (Å²) in [6, 6.07) is 13.3. The summed E-state index contributed by atoms with van der Waals surface area (Å²) < 4.78 is 14.2. The van der Waals surface area contributed by atoms with Crippen molar-refractivity contribution >= 4 is 44.8 Å². The van der Waals surface area contributed by atoms with Crippen molar-refractivity contribution in [1.29, 1.82) is 0 Å². The number of carboxylic acid groups (broad SMARTS) is 1. The summed E-state index contributed by atoms with van der Waals surface area (Å²) in [6.45, 7) is 0. The molecule has 1 aliphatic heterocycles. The average molecular weight is 446 g/mol. The lowest BCUT2D eigenvalue weighted by Gasteiger charge is -2.24. The molecule has 0 radical (unpaired) electrons. The van der Waals surface area contributed by atoms with Gasteiger partial charge in [0.15, 0.2) is 0 Å². The first-order valence-corrected chi connectivity index (χ1v) is 9.76. The molecule has 0 spiro atoms. The van der Waals surface area contributed by atoms with Crippen LogP contribution in [0.5, 0.6) is 0 Å². The van der Waals surface area contributed by atoms with E-state index in [2.05, 4.69) is 21.2 Å². The largest absolute Gasteiger partial charge is 0.477 e. The van der Waals surface area contributed by atoms with Crippen LogP contribution in [0, 0.1) is 5.82 Å². The molecule has 2 heterocycles. The topological polar surface area (TPSA) is 66.4 Å². The third-order valence-electron chi connectivity index (χ3n) is 4.51. The highest BCUT2D eigenvalue weighted by molar-refractivity contribution is 9.10. The Morgan fingerprint density at radius 1 is 1.15 bits per heavy atom. The zero-order chi connectivity index (χ0) is 19.1. The van der Waals surface area contributed by atoms with Crippen molar-refractivity contribution in [1.82, 2.24) is 0 Å². The van der Waals surface area contributed by atoms with E-state index >= 15 is 0 Å². The van der Waals surface area contributed by atoms with E-state index in [1.807, 2.05) is 24.3 Å². The second-order valence-electron chi connectivity index (χ2n) is 6.21. The molecule has 0 aliphatic carbocycles. The van der Waals surface area contributed by atoms with Gasteiger partial charge in [0.25, 0.3) is 0 Å². The highest BCUT2D eigenvalue weighted by atomic mass is 79.9. The normalized spacial score (nSPS) is 15.9. The van der Waals surface area contributed by atoms with E-state index < -0.39 is 11.8 Å². The maximum absolute atomic E-state index is 13.3. The van der Waals surface area contributed by atoms with Crippen molar-refractivity contribution in [2.24, 2.45) is 0 Å². The fourth-order valence-corrected chi connectivity index (χ4v) is 4.80. The molecule has 7 heteroatoms. The molecule has 2 aromatic carbocycles. The van der Waals surface area contributed by atoms with Crippen LogP contribution >= 0.6 is 27.3 Å². The molecule has 0 bridgehead atoms. The van der Waals surface area contributed by atoms with Crippen molar-refractivity contribution in [3.05, 3.63) is 74.1 Å². The van der Waals surface area contributed by atoms with Crippen LogP contribution in [-0.4, -0.2) is 17.0 Å². The van der Waals surface area contributed by atoms with Crippen molar-refractivity contribution in [2.75, 3.05) is 5.32 Å². The first-order chi connectivity index (χ1) is 12.9.